The highest BCUT2D eigenvalue weighted by atomic mass is 16.2. The molecule has 6 nitrogen and oxygen atoms in total. The smallest absolute Gasteiger partial charge is 0.227 e. The van der Waals surface area contributed by atoms with Gasteiger partial charge in [0.1, 0.15) is 0 Å². The van der Waals surface area contributed by atoms with Crippen molar-refractivity contribution in [1.82, 2.24) is 4.90 Å². The van der Waals surface area contributed by atoms with E-state index in [0.717, 1.165) is 37.9 Å². The van der Waals surface area contributed by atoms with E-state index in [4.69, 9.17) is 0 Å². The number of carbonyl (C=O) groups is 3. The molecule has 0 radical (unpaired) electrons. The molecule has 2 aliphatic heterocycles. The van der Waals surface area contributed by atoms with Gasteiger partial charge in [-0.15, -0.1) is 0 Å². The second-order valence-electron chi connectivity index (χ2n) is 7.19. The number of amides is 3. The highest BCUT2D eigenvalue weighted by Crippen LogP contribution is 2.28. The van der Waals surface area contributed by atoms with Crippen LogP contribution in [0.15, 0.2) is 24.3 Å². The number of nitrogens with zero attached hydrogens (tertiary/aromatic N) is 2. The Kier molecular flexibility index (Phi) is 5.91. The Morgan fingerprint density at radius 3 is 2.77 bits per heavy atom. The Balaban J connectivity index is 1.56. The van der Waals surface area contributed by atoms with E-state index in [2.05, 4.69) is 5.32 Å². The van der Waals surface area contributed by atoms with Gasteiger partial charge in [-0.1, -0.05) is 12.5 Å². The predicted octanol–water partition coefficient (Wildman–Crippen LogP) is 2.93. The van der Waals surface area contributed by atoms with Crippen molar-refractivity contribution in [1.29, 1.82) is 0 Å². The Morgan fingerprint density at radius 1 is 1.15 bits per heavy atom. The molecule has 2 aliphatic rings. The van der Waals surface area contributed by atoms with Crippen molar-refractivity contribution in [3.8, 4) is 0 Å². The Hall–Kier alpha value is -2.37. The largest absolute Gasteiger partial charge is 0.342 e. The third kappa shape index (κ3) is 4.42. The van der Waals surface area contributed by atoms with Crippen LogP contribution < -0.4 is 10.2 Å². The SMILES string of the molecule is CC1CCC(=O)N1c1cccc(NC(=O)CCN2CCCCCC2=O)c1. The van der Waals surface area contributed by atoms with Crippen LogP contribution in [0.25, 0.3) is 0 Å². The fourth-order valence-corrected chi connectivity index (χ4v) is 3.69. The molecule has 2 saturated heterocycles. The molecule has 3 amide bonds. The molecular formula is C20H27N3O3. The lowest BCUT2D eigenvalue weighted by atomic mass is 10.2. The number of nitrogens with one attached hydrogen (secondary N) is 1. The average Bonchev–Trinajstić information content (AvgIpc) is 2.82. The lowest BCUT2D eigenvalue weighted by Crippen LogP contribution is -2.33. The van der Waals surface area contributed by atoms with Gasteiger partial charge in [0.2, 0.25) is 17.7 Å². The minimum absolute atomic E-state index is 0.111. The molecule has 2 fully saturated rings. The van der Waals surface area contributed by atoms with Crippen molar-refractivity contribution in [2.75, 3.05) is 23.3 Å². The normalized spacial score (nSPS) is 21.0. The van der Waals surface area contributed by atoms with Crippen LogP contribution >= 0.6 is 0 Å². The Morgan fingerprint density at radius 2 is 2.00 bits per heavy atom. The van der Waals surface area contributed by atoms with Crippen molar-refractivity contribution < 1.29 is 14.4 Å². The zero-order valence-electron chi connectivity index (χ0n) is 15.4. The van der Waals surface area contributed by atoms with Crippen LogP contribution in [0.2, 0.25) is 0 Å². The van der Waals surface area contributed by atoms with Crippen molar-refractivity contribution >= 4 is 29.1 Å². The van der Waals surface area contributed by atoms with Gasteiger partial charge in [-0.2, -0.15) is 0 Å². The molecule has 0 aromatic heterocycles. The van der Waals surface area contributed by atoms with Gasteiger partial charge in [0.25, 0.3) is 0 Å². The number of hydrogen-bond donors (Lipinski definition) is 1. The predicted molar refractivity (Wildman–Crippen MR) is 101 cm³/mol. The van der Waals surface area contributed by atoms with Crippen LogP contribution in [-0.4, -0.2) is 41.8 Å². The fraction of sp³-hybridized carbons (Fsp3) is 0.550. The molecule has 1 aromatic carbocycles. The van der Waals surface area contributed by atoms with Crippen LogP contribution in [0.3, 0.4) is 0 Å². The summed E-state index contributed by atoms with van der Waals surface area (Å²) < 4.78 is 0. The number of anilines is 2. The number of likely N-dealkylation sites (tertiary alicyclic amines) is 1. The number of benzene rings is 1. The van der Waals surface area contributed by atoms with E-state index in [1.165, 1.54) is 0 Å². The zero-order valence-corrected chi connectivity index (χ0v) is 15.4. The van der Waals surface area contributed by atoms with E-state index in [0.29, 0.717) is 25.1 Å². The molecule has 6 heteroatoms. The molecule has 26 heavy (non-hydrogen) atoms. The fourth-order valence-electron chi connectivity index (χ4n) is 3.69. The molecule has 2 heterocycles. The van der Waals surface area contributed by atoms with E-state index in [-0.39, 0.29) is 30.2 Å². The van der Waals surface area contributed by atoms with Crippen LogP contribution in [-0.2, 0) is 14.4 Å². The summed E-state index contributed by atoms with van der Waals surface area (Å²) in [6, 6.07) is 7.59. The summed E-state index contributed by atoms with van der Waals surface area (Å²) in [6.45, 7) is 3.25. The van der Waals surface area contributed by atoms with Crippen LogP contribution in [0.4, 0.5) is 11.4 Å². The molecule has 1 atom stereocenters. The first-order valence-electron chi connectivity index (χ1n) is 9.54. The van der Waals surface area contributed by atoms with Gasteiger partial charge < -0.3 is 15.1 Å². The first-order chi connectivity index (χ1) is 12.5. The maximum Gasteiger partial charge on any atom is 0.227 e. The van der Waals surface area contributed by atoms with Gasteiger partial charge in [-0.3, -0.25) is 14.4 Å². The van der Waals surface area contributed by atoms with Gasteiger partial charge >= 0.3 is 0 Å². The van der Waals surface area contributed by atoms with Crippen LogP contribution in [0.1, 0.15) is 51.9 Å². The third-order valence-corrected chi connectivity index (χ3v) is 5.17. The standard InChI is InChI=1S/C20H27N3O3/c1-15-9-10-20(26)23(15)17-7-5-6-16(14-17)21-18(24)11-13-22-12-4-2-3-8-19(22)25/h5-7,14-15H,2-4,8-13H2,1H3,(H,21,24). The molecular weight excluding hydrogens is 330 g/mol. The van der Waals surface area contributed by atoms with Gasteiger partial charge in [-0.25, -0.2) is 0 Å². The van der Waals surface area contributed by atoms with Crippen molar-refractivity contribution in [2.45, 2.75) is 57.9 Å². The van der Waals surface area contributed by atoms with Gasteiger partial charge in [0.15, 0.2) is 0 Å². The van der Waals surface area contributed by atoms with Gasteiger partial charge in [0, 0.05) is 49.8 Å². The summed E-state index contributed by atoms with van der Waals surface area (Å²) in [5.41, 5.74) is 1.50. The lowest BCUT2D eigenvalue weighted by Gasteiger charge is -2.22. The molecule has 1 N–H and O–H groups in total. The number of hydrogen-bond acceptors (Lipinski definition) is 3. The molecule has 0 spiro atoms. The molecule has 0 bridgehead atoms. The second kappa shape index (κ2) is 8.34. The van der Waals surface area contributed by atoms with Gasteiger partial charge in [0.05, 0.1) is 0 Å². The maximum atomic E-state index is 12.3. The number of rotatable bonds is 5. The molecule has 1 unspecified atom stereocenters. The quantitative estimate of drug-likeness (QED) is 0.881. The average molecular weight is 357 g/mol. The molecule has 0 saturated carbocycles. The highest BCUT2D eigenvalue weighted by molar-refractivity contribution is 5.97. The maximum absolute atomic E-state index is 12.3. The zero-order chi connectivity index (χ0) is 18.5. The van der Waals surface area contributed by atoms with Crippen molar-refractivity contribution in [2.24, 2.45) is 0 Å². The minimum Gasteiger partial charge on any atom is -0.342 e. The lowest BCUT2D eigenvalue weighted by molar-refractivity contribution is -0.131. The van der Waals surface area contributed by atoms with E-state index in [1.54, 1.807) is 9.80 Å². The second-order valence-corrected chi connectivity index (χ2v) is 7.19. The first kappa shape index (κ1) is 18.4. The molecule has 0 aliphatic carbocycles. The topological polar surface area (TPSA) is 69.7 Å². The number of carbonyl (C=O) groups excluding carboxylic acids is 3. The van der Waals surface area contributed by atoms with Crippen LogP contribution in [0, 0.1) is 0 Å². The van der Waals surface area contributed by atoms with E-state index >= 15 is 0 Å². The Bertz CT molecular complexity index is 689. The summed E-state index contributed by atoms with van der Waals surface area (Å²) in [5.74, 6) is 0.166. The molecule has 1 aromatic rings. The van der Waals surface area contributed by atoms with Crippen molar-refractivity contribution in [3.63, 3.8) is 0 Å². The monoisotopic (exact) mass is 357 g/mol. The molecule has 140 valence electrons. The third-order valence-electron chi connectivity index (χ3n) is 5.17. The summed E-state index contributed by atoms with van der Waals surface area (Å²) in [4.78, 5) is 39.9. The highest BCUT2D eigenvalue weighted by Gasteiger charge is 2.28. The summed E-state index contributed by atoms with van der Waals surface area (Å²) in [6.07, 6.45) is 5.34. The van der Waals surface area contributed by atoms with Crippen molar-refractivity contribution in [3.05, 3.63) is 24.3 Å². The summed E-state index contributed by atoms with van der Waals surface area (Å²) in [7, 11) is 0. The van der Waals surface area contributed by atoms with E-state index in [1.807, 2.05) is 31.2 Å². The minimum atomic E-state index is -0.111. The van der Waals surface area contributed by atoms with Crippen LogP contribution in [0.5, 0.6) is 0 Å². The van der Waals surface area contributed by atoms with E-state index in [9.17, 15) is 14.4 Å². The first-order valence-corrected chi connectivity index (χ1v) is 9.54. The summed E-state index contributed by atoms with van der Waals surface area (Å²) >= 11 is 0. The Labute approximate surface area is 154 Å². The van der Waals surface area contributed by atoms with Gasteiger partial charge in [-0.05, 0) is 44.4 Å². The molecule has 3 rings (SSSR count). The summed E-state index contributed by atoms with van der Waals surface area (Å²) in [5, 5.41) is 2.89. The van der Waals surface area contributed by atoms with E-state index < -0.39 is 0 Å².